The Bertz CT molecular complexity index is 267. The molecule has 0 amide bonds. The lowest BCUT2D eigenvalue weighted by molar-refractivity contribution is -0.137. The van der Waals surface area contributed by atoms with Gasteiger partial charge in [0.2, 0.25) is 0 Å². The number of allylic oxidation sites excluding steroid dienone is 4. The molecule has 20 heavy (non-hydrogen) atoms. The molecule has 0 bridgehead atoms. The van der Waals surface area contributed by atoms with Crippen molar-refractivity contribution in [3.63, 3.8) is 0 Å². The van der Waals surface area contributed by atoms with E-state index >= 15 is 0 Å². The van der Waals surface area contributed by atoms with Crippen molar-refractivity contribution in [3.8, 4) is 0 Å². The van der Waals surface area contributed by atoms with Crippen LogP contribution in [0.3, 0.4) is 0 Å². The Balaban J connectivity index is 3.19. The van der Waals surface area contributed by atoms with Crippen molar-refractivity contribution in [3.05, 3.63) is 24.3 Å². The summed E-state index contributed by atoms with van der Waals surface area (Å²) in [7, 11) is 0. The zero-order valence-electron chi connectivity index (χ0n) is 13.2. The number of carboxylic acid groups (broad SMARTS) is 1. The third-order valence-electron chi connectivity index (χ3n) is 3.32. The fourth-order valence-electron chi connectivity index (χ4n) is 2.07. The molecule has 0 saturated carbocycles. The molecule has 0 fully saturated rings. The molecule has 0 aliphatic heterocycles. The van der Waals surface area contributed by atoms with Crippen LogP contribution in [-0.4, -0.2) is 11.1 Å². The lowest BCUT2D eigenvalue weighted by atomic mass is 10.1. The third-order valence-corrected chi connectivity index (χ3v) is 3.32. The average Bonchev–Trinajstić information content (AvgIpc) is 2.43. The Kier molecular flexibility index (Phi) is 15.2. The van der Waals surface area contributed by atoms with E-state index in [4.69, 9.17) is 5.11 Å². The second-order valence-electron chi connectivity index (χ2n) is 5.36. The van der Waals surface area contributed by atoms with Gasteiger partial charge in [0.1, 0.15) is 0 Å². The summed E-state index contributed by atoms with van der Waals surface area (Å²) in [6.45, 7) is 2.24. The Morgan fingerprint density at radius 1 is 0.750 bits per heavy atom. The first-order valence-corrected chi connectivity index (χ1v) is 8.29. The summed E-state index contributed by atoms with van der Waals surface area (Å²) in [6, 6.07) is 0. The molecule has 0 aliphatic rings. The Morgan fingerprint density at radius 3 is 1.75 bits per heavy atom. The molecular weight excluding hydrogens is 248 g/mol. The minimum atomic E-state index is -0.679. The largest absolute Gasteiger partial charge is 0.481 e. The van der Waals surface area contributed by atoms with E-state index in [1.807, 2.05) is 0 Å². The van der Waals surface area contributed by atoms with Crippen LogP contribution >= 0.6 is 0 Å². The molecular formula is C18H32O2. The smallest absolute Gasteiger partial charge is 0.303 e. The summed E-state index contributed by atoms with van der Waals surface area (Å²) < 4.78 is 0. The van der Waals surface area contributed by atoms with Crippen molar-refractivity contribution in [1.82, 2.24) is 0 Å². The van der Waals surface area contributed by atoms with E-state index in [2.05, 4.69) is 31.2 Å². The number of unbranched alkanes of at least 4 members (excludes halogenated alkanes) is 8. The van der Waals surface area contributed by atoms with Crippen LogP contribution in [0.25, 0.3) is 0 Å². The SMILES string of the molecule is CCCCCCC=CCCC=CCCCCCC(=O)O. The highest BCUT2D eigenvalue weighted by molar-refractivity contribution is 5.66. The molecule has 2 nitrogen and oxygen atoms in total. The highest BCUT2D eigenvalue weighted by Crippen LogP contribution is 2.06. The van der Waals surface area contributed by atoms with E-state index < -0.39 is 5.97 Å². The van der Waals surface area contributed by atoms with Gasteiger partial charge >= 0.3 is 5.97 Å². The second-order valence-corrected chi connectivity index (χ2v) is 5.36. The summed E-state index contributed by atoms with van der Waals surface area (Å²) >= 11 is 0. The Hall–Kier alpha value is -1.05. The van der Waals surface area contributed by atoms with Crippen LogP contribution in [0, 0.1) is 0 Å². The third kappa shape index (κ3) is 16.9. The first kappa shape index (κ1) is 18.9. The molecule has 0 rings (SSSR count). The van der Waals surface area contributed by atoms with Gasteiger partial charge in [-0.15, -0.1) is 0 Å². The fraction of sp³-hybridized carbons (Fsp3) is 0.722. The Morgan fingerprint density at radius 2 is 1.25 bits per heavy atom. The molecule has 0 radical (unpaired) electrons. The predicted molar refractivity (Wildman–Crippen MR) is 87.0 cm³/mol. The monoisotopic (exact) mass is 280 g/mol. The van der Waals surface area contributed by atoms with Crippen LogP contribution in [0.5, 0.6) is 0 Å². The minimum absolute atomic E-state index is 0.312. The molecule has 0 atom stereocenters. The van der Waals surface area contributed by atoms with E-state index in [1.54, 1.807) is 0 Å². The maximum Gasteiger partial charge on any atom is 0.303 e. The van der Waals surface area contributed by atoms with Gasteiger partial charge in [-0.1, -0.05) is 56.9 Å². The normalized spacial score (nSPS) is 11.7. The molecule has 116 valence electrons. The van der Waals surface area contributed by atoms with Gasteiger partial charge in [0, 0.05) is 6.42 Å². The summed E-state index contributed by atoms with van der Waals surface area (Å²) in [4.78, 5) is 10.3. The first-order valence-electron chi connectivity index (χ1n) is 8.29. The lowest BCUT2D eigenvalue weighted by Crippen LogP contribution is -1.93. The van der Waals surface area contributed by atoms with Gasteiger partial charge in [-0.3, -0.25) is 4.79 Å². The van der Waals surface area contributed by atoms with E-state index in [0.29, 0.717) is 6.42 Å². The quantitative estimate of drug-likeness (QED) is 0.318. The molecule has 0 saturated heterocycles. The van der Waals surface area contributed by atoms with Crippen molar-refractivity contribution >= 4 is 5.97 Å². The van der Waals surface area contributed by atoms with Gasteiger partial charge in [0.05, 0.1) is 0 Å². The van der Waals surface area contributed by atoms with Gasteiger partial charge in [-0.25, -0.2) is 0 Å². The molecule has 0 heterocycles. The number of aliphatic carboxylic acids is 1. The van der Waals surface area contributed by atoms with Gasteiger partial charge in [-0.2, -0.15) is 0 Å². The van der Waals surface area contributed by atoms with E-state index in [9.17, 15) is 4.79 Å². The molecule has 0 aromatic carbocycles. The molecule has 0 spiro atoms. The predicted octanol–water partition coefficient (Wildman–Crippen LogP) is 5.88. The average molecular weight is 280 g/mol. The first-order chi connectivity index (χ1) is 9.77. The number of hydrogen-bond donors (Lipinski definition) is 1. The van der Waals surface area contributed by atoms with Crippen LogP contribution in [0.4, 0.5) is 0 Å². The summed E-state index contributed by atoms with van der Waals surface area (Å²) in [5, 5.41) is 8.50. The summed E-state index contributed by atoms with van der Waals surface area (Å²) in [5.41, 5.74) is 0. The highest BCUT2D eigenvalue weighted by atomic mass is 16.4. The lowest BCUT2D eigenvalue weighted by Gasteiger charge is -1.95. The highest BCUT2D eigenvalue weighted by Gasteiger charge is 1.94. The topological polar surface area (TPSA) is 37.3 Å². The molecule has 0 aromatic rings. The summed E-state index contributed by atoms with van der Waals surface area (Å²) in [5.74, 6) is -0.679. The second kappa shape index (κ2) is 16.0. The fourth-order valence-corrected chi connectivity index (χ4v) is 2.07. The number of carboxylic acids is 1. The van der Waals surface area contributed by atoms with Gasteiger partial charge < -0.3 is 5.11 Å². The number of rotatable bonds is 14. The molecule has 0 aliphatic carbocycles. The summed E-state index contributed by atoms with van der Waals surface area (Å²) in [6.07, 6.45) is 22.3. The maximum atomic E-state index is 10.3. The maximum absolute atomic E-state index is 10.3. The van der Waals surface area contributed by atoms with Crippen molar-refractivity contribution in [2.75, 3.05) is 0 Å². The van der Waals surface area contributed by atoms with Crippen LogP contribution in [0.15, 0.2) is 24.3 Å². The molecule has 0 unspecified atom stereocenters. The Labute approximate surface area is 125 Å². The van der Waals surface area contributed by atoms with E-state index in [1.165, 1.54) is 32.1 Å². The van der Waals surface area contributed by atoms with Crippen LogP contribution in [0.1, 0.15) is 84.0 Å². The van der Waals surface area contributed by atoms with Crippen molar-refractivity contribution in [1.29, 1.82) is 0 Å². The number of carbonyl (C=O) groups is 1. The zero-order chi connectivity index (χ0) is 14.9. The molecule has 1 N–H and O–H groups in total. The van der Waals surface area contributed by atoms with Crippen molar-refractivity contribution in [2.24, 2.45) is 0 Å². The zero-order valence-corrected chi connectivity index (χ0v) is 13.2. The number of hydrogen-bond acceptors (Lipinski definition) is 1. The van der Waals surface area contributed by atoms with Gasteiger partial charge in [0.15, 0.2) is 0 Å². The van der Waals surface area contributed by atoms with Crippen molar-refractivity contribution < 1.29 is 9.90 Å². The standard InChI is InChI=1S/C18H32O2/c1-2-3-4-5-6-7-8-9-10-11-12-13-14-15-16-17-18(19)20/h7-8,11-12H,2-6,9-10,13-17H2,1H3,(H,19,20). The minimum Gasteiger partial charge on any atom is -0.481 e. The van der Waals surface area contributed by atoms with E-state index in [-0.39, 0.29) is 0 Å². The molecule has 2 heteroatoms. The van der Waals surface area contributed by atoms with Crippen LogP contribution < -0.4 is 0 Å². The van der Waals surface area contributed by atoms with Gasteiger partial charge in [0.25, 0.3) is 0 Å². The van der Waals surface area contributed by atoms with Crippen molar-refractivity contribution in [2.45, 2.75) is 84.0 Å². The van der Waals surface area contributed by atoms with Crippen LogP contribution in [0.2, 0.25) is 0 Å². The molecule has 0 aromatic heterocycles. The van der Waals surface area contributed by atoms with Gasteiger partial charge in [-0.05, 0) is 44.9 Å². The van der Waals surface area contributed by atoms with E-state index in [0.717, 1.165) is 38.5 Å². The van der Waals surface area contributed by atoms with Crippen LogP contribution in [-0.2, 0) is 4.79 Å².